The molecule has 68 valence electrons. The summed E-state index contributed by atoms with van der Waals surface area (Å²) in [6.07, 6.45) is 0. The number of hydrogen-bond donors (Lipinski definition) is 2. The molecule has 0 unspecified atom stereocenters. The molecule has 0 spiro atoms. The van der Waals surface area contributed by atoms with Crippen molar-refractivity contribution >= 4 is 16.7 Å². The largest absolute Gasteiger partial charge is 0.395 e. The third-order valence-electron chi connectivity index (χ3n) is 1.69. The molecule has 1 aromatic heterocycles. The van der Waals surface area contributed by atoms with Crippen LogP contribution in [0.15, 0.2) is 22.8 Å². The van der Waals surface area contributed by atoms with Crippen molar-refractivity contribution in [1.29, 1.82) is 0 Å². The summed E-state index contributed by atoms with van der Waals surface area (Å²) >= 11 is 0. The lowest BCUT2D eigenvalue weighted by Crippen LogP contribution is -2.04. The highest BCUT2D eigenvalue weighted by molar-refractivity contribution is 5.77. The van der Waals surface area contributed by atoms with Gasteiger partial charge in [-0.3, -0.25) is 0 Å². The van der Waals surface area contributed by atoms with Crippen LogP contribution in [0.2, 0.25) is 0 Å². The molecule has 2 aromatic rings. The van der Waals surface area contributed by atoms with Gasteiger partial charge in [-0.05, 0) is 28.5 Å². The van der Waals surface area contributed by atoms with E-state index in [0.29, 0.717) is 12.1 Å². The van der Waals surface area contributed by atoms with Crippen molar-refractivity contribution in [3.63, 3.8) is 0 Å². The Labute approximate surface area is 74.3 Å². The Hall–Kier alpha value is -1.62. The Kier molecular flexibility index (Phi) is 2.09. The quantitative estimate of drug-likeness (QED) is 0.723. The number of aliphatic hydroxyl groups is 1. The number of fused-ring (bicyclic) bond motifs is 1. The van der Waals surface area contributed by atoms with Crippen LogP contribution in [0, 0.1) is 0 Å². The number of aromatic nitrogens is 2. The van der Waals surface area contributed by atoms with Gasteiger partial charge in [0.25, 0.3) is 0 Å². The van der Waals surface area contributed by atoms with Crippen LogP contribution < -0.4 is 5.32 Å². The van der Waals surface area contributed by atoms with Gasteiger partial charge in [0, 0.05) is 12.2 Å². The predicted molar refractivity (Wildman–Crippen MR) is 47.4 cm³/mol. The zero-order chi connectivity index (χ0) is 9.10. The number of rotatable bonds is 3. The van der Waals surface area contributed by atoms with E-state index in [1.54, 1.807) is 0 Å². The topological polar surface area (TPSA) is 71.2 Å². The maximum Gasteiger partial charge on any atom is 0.137 e. The summed E-state index contributed by atoms with van der Waals surface area (Å²) in [6, 6.07) is 5.50. The molecule has 5 nitrogen and oxygen atoms in total. The molecule has 0 amide bonds. The molecule has 1 aromatic carbocycles. The first kappa shape index (κ1) is 8.00. The second-order valence-corrected chi connectivity index (χ2v) is 2.62. The second-order valence-electron chi connectivity index (χ2n) is 2.62. The van der Waals surface area contributed by atoms with Gasteiger partial charge in [0.15, 0.2) is 0 Å². The minimum atomic E-state index is 0.106. The van der Waals surface area contributed by atoms with Gasteiger partial charge in [-0.1, -0.05) is 0 Å². The Bertz CT molecular complexity index is 399. The molecule has 0 aliphatic rings. The van der Waals surface area contributed by atoms with Crippen molar-refractivity contribution in [2.45, 2.75) is 0 Å². The van der Waals surface area contributed by atoms with Crippen molar-refractivity contribution in [3.8, 4) is 0 Å². The Balaban J connectivity index is 2.26. The summed E-state index contributed by atoms with van der Waals surface area (Å²) in [5, 5.41) is 19.0. The van der Waals surface area contributed by atoms with Gasteiger partial charge in [0.05, 0.1) is 6.61 Å². The fraction of sp³-hybridized carbons (Fsp3) is 0.250. The molecule has 2 N–H and O–H groups in total. The molecule has 13 heavy (non-hydrogen) atoms. The smallest absolute Gasteiger partial charge is 0.137 e. The van der Waals surface area contributed by atoms with Crippen molar-refractivity contribution in [1.82, 2.24) is 10.3 Å². The van der Waals surface area contributed by atoms with Crippen LogP contribution in [0.5, 0.6) is 0 Å². The van der Waals surface area contributed by atoms with Crippen molar-refractivity contribution in [3.05, 3.63) is 18.2 Å². The number of aliphatic hydroxyl groups excluding tert-OH is 1. The predicted octanol–water partition coefficient (Wildman–Crippen LogP) is 0.627. The van der Waals surface area contributed by atoms with Crippen LogP contribution in [0.25, 0.3) is 11.0 Å². The van der Waals surface area contributed by atoms with Gasteiger partial charge in [0.2, 0.25) is 0 Å². The van der Waals surface area contributed by atoms with Crippen LogP contribution in [0.4, 0.5) is 5.69 Å². The average Bonchev–Trinajstić information content (AvgIpc) is 2.61. The molecule has 0 saturated heterocycles. The monoisotopic (exact) mass is 179 g/mol. The molecule has 0 aliphatic carbocycles. The molecule has 0 radical (unpaired) electrons. The van der Waals surface area contributed by atoms with Crippen molar-refractivity contribution in [2.75, 3.05) is 18.5 Å². The lowest BCUT2D eigenvalue weighted by atomic mass is 10.3. The molecular formula is C8H9N3O2. The Morgan fingerprint density at radius 1 is 1.31 bits per heavy atom. The molecule has 5 heteroatoms. The zero-order valence-electron chi connectivity index (χ0n) is 6.90. The van der Waals surface area contributed by atoms with E-state index in [9.17, 15) is 0 Å². The summed E-state index contributed by atoms with van der Waals surface area (Å²) in [4.78, 5) is 0. The molecule has 2 rings (SSSR count). The maximum atomic E-state index is 8.59. The first-order valence-electron chi connectivity index (χ1n) is 3.97. The first-order valence-corrected chi connectivity index (χ1v) is 3.97. The molecule has 1 heterocycles. The van der Waals surface area contributed by atoms with E-state index in [1.165, 1.54) is 0 Å². The summed E-state index contributed by atoms with van der Waals surface area (Å²) in [5.74, 6) is 0. The average molecular weight is 179 g/mol. The minimum absolute atomic E-state index is 0.106. The summed E-state index contributed by atoms with van der Waals surface area (Å²) in [7, 11) is 0. The van der Waals surface area contributed by atoms with Gasteiger partial charge < -0.3 is 10.4 Å². The van der Waals surface area contributed by atoms with Gasteiger partial charge >= 0.3 is 0 Å². The van der Waals surface area contributed by atoms with Gasteiger partial charge in [-0.25, -0.2) is 4.63 Å². The van der Waals surface area contributed by atoms with E-state index in [0.717, 1.165) is 11.2 Å². The molecule has 0 atom stereocenters. The van der Waals surface area contributed by atoms with Gasteiger partial charge in [-0.15, -0.1) is 0 Å². The highest BCUT2D eigenvalue weighted by Gasteiger charge is 1.99. The molecule has 0 aliphatic heterocycles. The van der Waals surface area contributed by atoms with Crippen LogP contribution in [0.3, 0.4) is 0 Å². The van der Waals surface area contributed by atoms with E-state index in [2.05, 4.69) is 20.3 Å². The van der Waals surface area contributed by atoms with Gasteiger partial charge in [0.1, 0.15) is 11.0 Å². The number of benzene rings is 1. The lowest BCUT2D eigenvalue weighted by Gasteiger charge is -2.01. The second kappa shape index (κ2) is 3.40. The SMILES string of the molecule is OCCNc1ccc2nonc2c1. The fourth-order valence-electron chi connectivity index (χ4n) is 1.09. The van der Waals surface area contributed by atoms with Gasteiger partial charge in [-0.2, -0.15) is 0 Å². The van der Waals surface area contributed by atoms with E-state index >= 15 is 0 Å². The maximum absolute atomic E-state index is 8.59. The number of hydrogen-bond acceptors (Lipinski definition) is 5. The minimum Gasteiger partial charge on any atom is -0.395 e. The first-order chi connectivity index (χ1) is 6.40. The highest BCUT2D eigenvalue weighted by atomic mass is 16.6. The number of anilines is 1. The Morgan fingerprint density at radius 2 is 2.15 bits per heavy atom. The van der Waals surface area contributed by atoms with Crippen molar-refractivity contribution in [2.24, 2.45) is 0 Å². The summed E-state index contributed by atoms with van der Waals surface area (Å²) in [5.41, 5.74) is 2.34. The van der Waals surface area contributed by atoms with Crippen LogP contribution in [0.1, 0.15) is 0 Å². The molecular weight excluding hydrogens is 170 g/mol. The number of nitrogens with one attached hydrogen (secondary N) is 1. The van der Waals surface area contributed by atoms with E-state index in [-0.39, 0.29) is 6.61 Å². The normalized spacial score (nSPS) is 10.5. The third kappa shape index (κ3) is 1.59. The fourth-order valence-corrected chi connectivity index (χ4v) is 1.09. The molecule has 0 fully saturated rings. The standard InChI is InChI=1S/C8H9N3O2/c12-4-3-9-6-1-2-7-8(5-6)11-13-10-7/h1-2,5,9,12H,3-4H2. The van der Waals surface area contributed by atoms with Crippen LogP contribution in [-0.4, -0.2) is 28.6 Å². The van der Waals surface area contributed by atoms with E-state index < -0.39 is 0 Å². The Morgan fingerprint density at radius 3 is 3.00 bits per heavy atom. The number of nitrogens with zero attached hydrogens (tertiary/aromatic N) is 2. The van der Waals surface area contributed by atoms with Crippen LogP contribution in [-0.2, 0) is 0 Å². The molecule has 0 bridgehead atoms. The lowest BCUT2D eigenvalue weighted by molar-refractivity contribution is 0.311. The summed E-state index contributed by atoms with van der Waals surface area (Å²) in [6.45, 7) is 0.631. The van der Waals surface area contributed by atoms with E-state index in [4.69, 9.17) is 5.11 Å². The zero-order valence-corrected chi connectivity index (χ0v) is 6.90. The molecule has 0 saturated carbocycles. The van der Waals surface area contributed by atoms with Crippen LogP contribution >= 0.6 is 0 Å². The van der Waals surface area contributed by atoms with Crippen molar-refractivity contribution < 1.29 is 9.74 Å². The third-order valence-corrected chi connectivity index (χ3v) is 1.69. The summed E-state index contributed by atoms with van der Waals surface area (Å²) < 4.78 is 4.55. The van der Waals surface area contributed by atoms with E-state index in [1.807, 2.05) is 18.2 Å². The highest BCUT2D eigenvalue weighted by Crippen LogP contribution is 2.14.